The molecule has 2 nitrogen and oxygen atoms in total. The van der Waals surface area contributed by atoms with Gasteiger partial charge in [0, 0.05) is 24.8 Å². The molecule has 2 N–H and O–H groups in total. The van der Waals surface area contributed by atoms with Crippen LogP contribution < -0.4 is 5.73 Å². The van der Waals surface area contributed by atoms with E-state index in [4.69, 9.17) is 5.73 Å². The molecule has 92 valence electrons. The molecule has 1 aliphatic carbocycles. The van der Waals surface area contributed by atoms with E-state index in [1.165, 1.54) is 43.4 Å². The van der Waals surface area contributed by atoms with Gasteiger partial charge in [-0.2, -0.15) is 0 Å². The first-order valence-corrected chi connectivity index (χ1v) is 6.87. The van der Waals surface area contributed by atoms with E-state index in [9.17, 15) is 0 Å². The standard InChI is InChI=1S/C15H22N2/c1-11-9-17(13-6-2-3-7-13)10-12-5-4-8-14(16)15(11)12/h4-5,8,11,13H,2-3,6-7,9-10,16H2,1H3. The van der Waals surface area contributed by atoms with Crippen molar-refractivity contribution >= 4 is 5.69 Å². The maximum Gasteiger partial charge on any atom is 0.0353 e. The lowest BCUT2D eigenvalue weighted by Gasteiger charge is -2.37. The molecule has 1 fully saturated rings. The van der Waals surface area contributed by atoms with Crippen molar-refractivity contribution in [3.8, 4) is 0 Å². The van der Waals surface area contributed by atoms with Crippen LogP contribution in [0.25, 0.3) is 0 Å². The number of hydrogen-bond acceptors (Lipinski definition) is 2. The van der Waals surface area contributed by atoms with Gasteiger partial charge in [0.25, 0.3) is 0 Å². The van der Waals surface area contributed by atoms with Gasteiger partial charge in [0.1, 0.15) is 0 Å². The van der Waals surface area contributed by atoms with Crippen molar-refractivity contribution in [2.24, 2.45) is 0 Å². The fourth-order valence-corrected chi connectivity index (χ4v) is 3.65. The van der Waals surface area contributed by atoms with Crippen molar-refractivity contribution in [3.63, 3.8) is 0 Å². The van der Waals surface area contributed by atoms with Gasteiger partial charge in [0.2, 0.25) is 0 Å². The molecule has 3 rings (SSSR count). The molecule has 1 heterocycles. The van der Waals surface area contributed by atoms with E-state index in [1.54, 1.807) is 0 Å². The lowest BCUT2D eigenvalue weighted by Crippen LogP contribution is -2.39. The van der Waals surface area contributed by atoms with Crippen LogP contribution in [0.3, 0.4) is 0 Å². The molecular formula is C15H22N2. The molecule has 0 aromatic heterocycles. The van der Waals surface area contributed by atoms with Gasteiger partial charge >= 0.3 is 0 Å². The van der Waals surface area contributed by atoms with Crippen LogP contribution in [0.2, 0.25) is 0 Å². The maximum absolute atomic E-state index is 6.11. The summed E-state index contributed by atoms with van der Waals surface area (Å²) in [5.74, 6) is 0.584. The van der Waals surface area contributed by atoms with Crippen LogP contribution >= 0.6 is 0 Å². The molecule has 1 unspecified atom stereocenters. The van der Waals surface area contributed by atoms with Crippen LogP contribution in [0.4, 0.5) is 5.69 Å². The third-order valence-corrected chi connectivity index (χ3v) is 4.45. The van der Waals surface area contributed by atoms with Crippen LogP contribution in [0, 0.1) is 0 Å². The first kappa shape index (κ1) is 11.1. The quantitative estimate of drug-likeness (QED) is 0.751. The van der Waals surface area contributed by atoms with Crippen molar-refractivity contribution in [1.29, 1.82) is 0 Å². The molecule has 1 saturated carbocycles. The molecule has 0 bridgehead atoms. The molecule has 0 radical (unpaired) electrons. The SMILES string of the molecule is CC1CN(C2CCCC2)Cc2cccc(N)c21. The average Bonchev–Trinajstić information content (AvgIpc) is 2.81. The van der Waals surface area contributed by atoms with Crippen LogP contribution in [-0.2, 0) is 6.54 Å². The fourth-order valence-electron chi connectivity index (χ4n) is 3.65. The van der Waals surface area contributed by atoms with E-state index in [2.05, 4.69) is 24.0 Å². The Morgan fingerprint density at radius 1 is 1.24 bits per heavy atom. The smallest absolute Gasteiger partial charge is 0.0353 e. The predicted molar refractivity (Wildman–Crippen MR) is 71.9 cm³/mol. The van der Waals surface area contributed by atoms with Gasteiger partial charge in [-0.1, -0.05) is 31.9 Å². The zero-order valence-electron chi connectivity index (χ0n) is 10.7. The maximum atomic E-state index is 6.11. The van der Waals surface area contributed by atoms with Gasteiger partial charge in [-0.3, -0.25) is 4.90 Å². The van der Waals surface area contributed by atoms with Crippen LogP contribution in [0.1, 0.15) is 49.7 Å². The summed E-state index contributed by atoms with van der Waals surface area (Å²) in [7, 11) is 0. The van der Waals surface area contributed by atoms with Gasteiger partial charge in [-0.05, 0) is 36.0 Å². The fraction of sp³-hybridized carbons (Fsp3) is 0.600. The molecule has 2 heteroatoms. The van der Waals surface area contributed by atoms with Gasteiger partial charge in [-0.25, -0.2) is 0 Å². The normalized spacial score (nSPS) is 26.1. The van der Waals surface area contributed by atoms with Gasteiger partial charge in [0.05, 0.1) is 0 Å². The highest BCUT2D eigenvalue weighted by Gasteiger charge is 2.29. The Morgan fingerprint density at radius 2 is 2.00 bits per heavy atom. The molecule has 2 aliphatic rings. The number of benzene rings is 1. The average molecular weight is 230 g/mol. The summed E-state index contributed by atoms with van der Waals surface area (Å²) < 4.78 is 0. The van der Waals surface area contributed by atoms with Gasteiger partial charge in [-0.15, -0.1) is 0 Å². The summed E-state index contributed by atoms with van der Waals surface area (Å²) in [5, 5.41) is 0. The molecule has 1 aromatic rings. The number of anilines is 1. The zero-order valence-corrected chi connectivity index (χ0v) is 10.7. The van der Waals surface area contributed by atoms with Crippen molar-refractivity contribution in [1.82, 2.24) is 4.90 Å². The largest absolute Gasteiger partial charge is 0.398 e. The second-order valence-corrected chi connectivity index (χ2v) is 5.69. The Hall–Kier alpha value is -1.02. The minimum Gasteiger partial charge on any atom is -0.398 e. The molecule has 0 saturated heterocycles. The first-order valence-electron chi connectivity index (χ1n) is 6.87. The summed E-state index contributed by atoms with van der Waals surface area (Å²) in [4.78, 5) is 2.68. The lowest BCUT2D eigenvalue weighted by atomic mass is 9.89. The van der Waals surface area contributed by atoms with Crippen molar-refractivity contribution in [2.45, 2.75) is 51.1 Å². The first-order chi connectivity index (χ1) is 8.25. The second kappa shape index (κ2) is 4.34. The Balaban J connectivity index is 1.87. The van der Waals surface area contributed by atoms with E-state index in [-0.39, 0.29) is 0 Å². The van der Waals surface area contributed by atoms with E-state index < -0.39 is 0 Å². The minimum atomic E-state index is 0.584. The number of hydrogen-bond donors (Lipinski definition) is 1. The molecular weight excluding hydrogens is 208 g/mol. The number of nitrogen functional groups attached to an aromatic ring is 1. The van der Waals surface area contributed by atoms with E-state index >= 15 is 0 Å². The highest BCUT2D eigenvalue weighted by atomic mass is 15.2. The Kier molecular flexibility index (Phi) is 2.83. The molecule has 1 aliphatic heterocycles. The Bertz CT molecular complexity index is 407. The topological polar surface area (TPSA) is 29.3 Å². The number of nitrogens with zero attached hydrogens (tertiary/aromatic N) is 1. The molecule has 1 atom stereocenters. The van der Waals surface area contributed by atoms with Crippen LogP contribution in [0.15, 0.2) is 18.2 Å². The van der Waals surface area contributed by atoms with Crippen molar-refractivity contribution in [2.75, 3.05) is 12.3 Å². The third kappa shape index (κ3) is 1.95. The highest BCUT2D eigenvalue weighted by Crippen LogP contribution is 2.35. The third-order valence-electron chi connectivity index (χ3n) is 4.45. The number of fused-ring (bicyclic) bond motifs is 1. The summed E-state index contributed by atoms with van der Waals surface area (Å²) in [6, 6.07) is 7.22. The molecule has 17 heavy (non-hydrogen) atoms. The monoisotopic (exact) mass is 230 g/mol. The summed E-state index contributed by atoms with van der Waals surface area (Å²) in [6.07, 6.45) is 5.62. The lowest BCUT2D eigenvalue weighted by molar-refractivity contribution is 0.167. The van der Waals surface area contributed by atoms with Gasteiger partial charge < -0.3 is 5.73 Å². The van der Waals surface area contributed by atoms with Crippen molar-refractivity contribution < 1.29 is 0 Å². The van der Waals surface area contributed by atoms with Crippen LogP contribution in [-0.4, -0.2) is 17.5 Å². The van der Waals surface area contributed by atoms with E-state index in [1.807, 2.05) is 6.07 Å². The van der Waals surface area contributed by atoms with E-state index in [0.29, 0.717) is 5.92 Å². The molecule has 0 amide bonds. The number of rotatable bonds is 1. The minimum absolute atomic E-state index is 0.584. The predicted octanol–water partition coefficient (Wildman–Crippen LogP) is 3.13. The van der Waals surface area contributed by atoms with Crippen LogP contribution in [0.5, 0.6) is 0 Å². The number of nitrogens with two attached hydrogens (primary N) is 1. The Labute approximate surface area is 104 Å². The van der Waals surface area contributed by atoms with Crippen molar-refractivity contribution in [3.05, 3.63) is 29.3 Å². The van der Waals surface area contributed by atoms with E-state index in [0.717, 1.165) is 18.3 Å². The summed E-state index contributed by atoms with van der Waals surface area (Å²) >= 11 is 0. The molecule has 1 aromatic carbocycles. The Morgan fingerprint density at radius 3 is 2.76 bits per heavy atom. The molecule has 0 spiro atoms. The summed E-state index contributed by atoms with van der Waals surface area (Å²) in [5.41, 5.74) is 9.96. The van der Waals surface area contributed by atoms with Gasteiger partial charge in [0.15, 0.2) is 0 Å². The highest BCUT2D eigenvalue weighted by molar-refractivity contribution is 5.53. The summed E-state index contributed by atoms with van der Waals surface area (Å²) in [6.45, 7) is 4.61. The zero-order chi connectivity index (χ0) is 11.8. The second-order valence-electron chi connectivity index (χ2n) is 5.69.